The van der Waals surface area contributed by atoms with E-state index in [2.05, 4.69) is 0 Å². The first-order chi connectivity index (χ1) is 15.0. The van der Waals surface area contributed by atoms with Gasteiger partial charge in [-0.2, -0.15) is 0 Å². The van der Waals surface area contributed by atoms with E-state index in [1.807, 2.05) is 43.3 Å². The summed E-state index contributed by atoms with van der Waals surface area (Å²) in [5, 5.41) is 0. The number of ether oxygens (including phenoxy) is 3. The van der Waals surface area contributed by atoms with Gasteiger partial charge in [-0.3, -0.25) is 4.79 Å². The molecule has 0 saturated heterocycles. The number of carbonyl (C=O) groups excluding carboxylic acids is 2. The van der Waals surface area contributed by atoms with E-state index in [1.54, 1.807) is 37.1 Å². The van der Waals surface area contributed by atoms with Crippen LogP contribution in [0.25, 0.3) is 6.08 Å². The van der Waals surface area contributed by atoms with E-state index in [4.69, 9.17) is 14.2 Å². The van der Waals surface area contributed by atoms with Gasteiger partial charge in [0.1, 0.15) is 0 Å². The van der Waals surface area contributed by atoms with E-state index in [-0.39, 0.29) is 11.5 Å². The molecule has 0 radical (unpaired) electrons. The molecule has 0 unspecified atom stereocenters. The molecule has 3 rings (SSSR count). The Morgan fingerprint density at radius 3 is 2.45 bits per heavy atom. The quantitative estimate of drug-likeness (QED) is 0.476. The van der Waals surface area contributed by atoms with Crippen LogP contribution in [0.4, 0.5) is 0 Å². The van der Waals surface area contributed by atoms with Crippen molar-refractivity contribution in [3.63, 3.8) is 0 Å². The number of amides is 1. The van der Waals surface area contributed by atoms with Crippen molar-refractivity contribution in [2.24, 2.45) is 0 Å². The van der Waals surface area contributed by atoms with Crippen LogP contribution in [-0.2, 0) is 20.7 Å². The number of allylic oxidation sites excluding steroid dienone is 1. The van der Waals surface area contributed by atoms with Gasteiger partial charge >= 0.3 is 5.97 Å². The number of nitrogens with zero attached hydrogens (tertiary/aromatic N) is 1. The van der Waals surface area contributed by atoms with E-state index in [9.17, 15) is 9.59 Å². The molecule has 0 aromatic heterocycles. The maximum Gasteiger partial charge on any atom is 0.340 e. The lowest BCUT2D eigenvalue weighted by molar-refractivity contribution is -0.136. The molecule has 1 aliphatic heterocycles. The lowest BCUT2D eigenvalue weighted by Gasteiger charge is -2.17. The van der Waals surface area contributed by atoms with Crippen molar-refractivity contribution in [3.8, 4) is 11.5 Å². The number of rotatable bonds is 8. The summed E-state index contributed by atoms with van der Waals surface area (Å²) in [6.45, 7) is 4.65. The van der Waals surface area contributed by atoms with Gasteiger partial charge in [-0.1, -0.05) is 36.4 Å². The van der Waals surface area contributed by atoms with Crippen LogP contribution in [0.3, 0.4) is 0 Å². The number of hydrogen-bond donors (Lipinski definition) is 0. The third kappa shape index (κ3) is 4.79. The van der Waals surface area contributed by atoms with Crippen molar-refractivity contribution in [1.29, 1.82) is 0 Å². The number of carbonyl (C=O) groups is 2. The predicted molar refractivity (Wildman–Crippen MR) is 119 cm³/mol. The molecular formula is C25H27NO5. The molecule has 2 aromatic carbocycles. The van der Waals surface area contributed by atoms with E-state index < -0.39 is 5.97 Å². The molecule has 0 bridgehead atoms. The maximum absolute atomic E-state index is 13.2. The van der Waals surface area contributed by atoms with Crippen LogP contribution >= 0.6 is 0 Å². The monoisotopic (exact) mass is 421 g/mol. The maximum atomic E-state index is 13.2. The first kappa shape index (κ1) is 22.2. The zero-order valence-electron chi connectivity index (χ0n) is 18.3. The highest BCUT2D eigenvalue weighted by atomic mass is 16.5. The van der Waals surface area contributed by atoms with Crippen molar-refractivity contribution < 1.29 is 23.8 Å². The van der Waals surface area contributed by atoms with Crippen molar-refractivity contribution in [2.75, 3.05) is 27.4 Å². The molecule has 1 aliphatic rings. The summed E-state index contributed by atoms with van der Waals surface area (Å²) in [4.78, 5) is 27.4. The summed E-state index contributed by atoms with van der Waals surface area (Å²) in [6, 6.07) is 15.3. The van der Waals surface area contributed by atoms with Gasteiger partial charge in [0.2, 0.25) is 0 Å². The summed E-state index contributed by atoms with van der Waals surface area (Å²) in [5.74, 6) is 0.427. The van der Waals surface area contributed by atoms with Gasteiger partial charge < -0.3 is 19.1 Å². The highest BCUT2D eigenvalue weighted by molar-refractivity contribution is 6.16. The Morgan fingerprint density at radius 1 is 1.06 bits per heavy atom. The SMILES string of the molecule is CCOc1ccc(/C=C2\C(=O)N(CCc3ccccc3)C(C)=C2C(=O)OC)cc1OC. The Kier molecular flexibility index (Phi) is 7.13. The van der Waals surface area contributed by atoms with Crippen LogP contribution in [-0.4, -0.2) is 44.1 Å². The third-order valence-corrected chi connectivity index (χ3v) is 5.17. The molecule has 0 fully saturated rings. The van der Waals surface area contributed by atoms with Gasteiger partial charge in [0.25, 0.3) is 5.91 Å². The molecule has 6 nitrogen and oxygen atoms in total. The lowest BCUT2D eigenvalue weighted by atomic mass is 10.0. The second kappa shape index (κ2) is 9.98. The highest BCUT2D eigenvalue weighted by Gasteiger charge is 2.36. The molecular weight excluding hydrogens is 394 g/mol. The fraction of sp³-hybridized carbons (Fsp3) is 0.280. The topological polar surface area (TPSA) is 65.1 Å². The number of esters is 1. The van der Waals surface area contributed by atoms with Gasteiger partial charge in [0, 0.05) is 12.2 Å². The molecule has 0 saturated carbocycles. The Morgan fingerprint density at radius 2 is 1.81 bits per heavy atom. The van der Waals surface area contributed by atoms with Crippen LogP contribution in [0.15, 0.2) is 65.4 Å². The van der Waals surface area contributed by atoms with Crippen molar-refractivity contribution in [2.45, 2.75) is 20.3 Å². The molecule has 0 aliphatic carbocycles. The van der Waals surface area contributed by atoms with Crippen LogP contribution in [0.1, 0.15) is 25.0 Å². The lowest BCUT2D eigenvalue weighted by Crippen LogP contribution is -2.27. The first-order valence-electron chi connectivity index (χ1n) is 10.2. The van der Waals surface area contributed by atoms with Gasteiger partial charge in [-0.05, 0) is 49.6 Å². The van der Waals surface area contributed by atoms with E-state index >= 15 is 0 Å². The van der Waals surface area contributed by atoms with Gasteiger partial charge in [0.05, 0.1) is 32.0 Å². The van der Waals surface area contributed by atoms with Crippen LogP contribution in [0, 0.1) is 0 Å². The van der Waals surface area contributed by atoms with Crippen LogP contribution in [0.2, 0.25) is 0 Å². The largest absolute Gasteiger partial charge is 0.493 e. The summed E-state index contributed by atoms with van der Waals surface area (Å²) in [5.41, 5.74) is 3.04. The number of methoxy groups -OCH3 is 2. The predicted octanol–water partition coefficient (Wildman–Crippen LogP) is 4.01. The van der Waals surface area contributed by atoms with Crippen molar-refractivity contribution in [3.05, 3.63) is 76.5 Å². The normalized spacial score (nSPS) is 14.9. The number of benzene rings is 2. The van der Waals surface area contributed by atoms with Crippen LogP contribution < -0.4 is 9.47 Å². The fourth-order valence-electron chi connectivity index (χ4n) is 3.60. The van der Waals surface area contributed by atoms with Gasteiger partial charge in [0.15, 0.2) is 11.5 Å². The second-order valence-electron chi connectivity index (χ2n) is 7.05. The fourth-order valence-corrected chi connectivity index (χ4v) is 3.60. The summed E-state index contributed by atoms with van der Waals surface area (Å²) in [6.07, 6.45) is 2.38. The van der Waals surface area contributed by atoms with Crippen LogP contribution in [0.5, 0.6) is 11.5 Å². The van der Waals surface area contributed by atoms with Gasteiger partial charge in [-0.15, -0.1) is 0 Å². The summed E-state index contributed by atoms with van der Waals surface area (Å²) < 4.78 is 15.9. The molecule has 0 spiro atoms. The average molecular weight is 421 g/mol. The van der Waals surface area contributed by atoms with E-state index in [1.165, 1.54) is 7.11 Å². The molecule has 2 aromatic rings. The molecule has 162 valence electrons. The Hall–Kier alpha value is -3.54. The molecule has 1 heterocycles. The second-order valence-corrected chi connectivity index (χ2v) is 7.05. The molecule has 6 heteroatoms. The minimum atomic E-state index is -0.530. The smallest absolute Gasteiger partial charge is 0.340 e. The first-order valence-corrected chi connectivity index (χ1v) is 10.2. The zero-order chi connectivity index (χ0) is 22.4. The molecule has 0 N–H and O–H groups in total. The summed E-state index contributed by atoms with van der Waals surface area (Å²) in [7, 11) is 2.88. The average Bonchev–Trinajstić information content (AvgIpc) is 3.02. The standard InChI is InChI=1S/C25H27NO5/c1-5-31-21-12-11-19(16-22(21)29-3)15-20-23(25(28)30-4)17(2)26(24(20)27)14-13-18-9-7-6-8-10-18/h6-12,15-16H,5,13-14H2,1-4H3/b20-15-. The van der Waals surface area contributed by atoms with E-state index in [0.717, 1.165) is 11.1 Å². The van der Waals surface area contributed by atoms with Crippen molar-refractivity contribution in [1.82, 2.24) is 4.90 Å². The Labute approximate surface area is 182 Å². The minimum Gasteiger partial charge on any atom is -0.493 e. The van der Waals surface area contributed by atoms with Gasteiger partial charge in [-0.25, -0.2) is 4.79 Å². The molecule has 1 amide bonds. The molecule has 0 atom stereocenters. The molecule has 31 heavy (non-hydrogen) atoms. The minimum absolute atomic E-state index is 0.221. The zero-order valence-corrected chi connectivity index (χ0v) is 18.3. The van der Waals surface area contributed by atoms with Crippen molar-refractivity contribution >= 4 is 18.0 Å². The Bertz CT molecular complexity index is 1020. The third-order valence-electron chi connectivity index (χ3n) is 5.17. The highest BCUT2D eigenvalue weighted by Crippen LogP contribution is 2.34. The number of hydrogen-bond acceptors (Lipinski definition) is 5. The van der Waals surface area contributed by atoms with E-state index in [0.29, 0.717) is 42.3 Å². The summed E-state index contributed by atoms with van der Waals surface area (Å²) >= 11 is 0. The Balaban J connectivity index is 1.94.